The zero-order chi connectivity index (χ0) is 91.5. The summed E-state index contributed by atoms with van der Waals surface area (Å²) in [7, 11) is 0.515. The number of nitrogens with one attached hydrogen (secondary N) is 2. The summed E-state index contributed by atoms with van der Waals surface area (Å²) in [6, 6.07) is 72.4. The minimum Gasteiger partial charge on any atom is -0.454 e. The molecule has 18 rings (SSSR count). The number of Topliss-reactive ketones (excluding diaryl/α,β-unsaturated/α-hetero) is 3. The first kappa shape index (κ1) is 95.5. The Hall–Kier alpha value is -10.1. The van der Waals surface area contributed by atoms with Crippen molar-refractivity contribution < 1.29 is 47.7 Å². The van der Waals surface area contributed by atoms with Gasteiger partial charge in [-0.3, -0.25) is 33.7 Å². The lowest BCUT2D eigenvalue weighted by Gasteiger charge is -2.27. The minimum absolute atomic E-state index is 0.0141. The molecule has 12 aromatic rings. The molecule has 0 saturated heterocycles. The standard InChI is InChI=1S/C23H31BrN2O2Si.C18H18BrNO2.C18H18BrNO.C17H16BrNO.2C14H10BrNO2/c1-6-11-25-20-10-8-18(24)15-19(20)23(27)26(16-28-12-13-29(3,4)5)22-14-17(2)7-9-21(22)25;1-12-3-5-16-13(9-12)10-18(21)15-11-14(19)4-6-17(15)20(16)7-8-22-2;1-3-8-20-16-6-4-12(2)9-13(16)10-18(21)15-11-14(19)5-7-17(15)20;1-3-19-15-6-4-11(2)8-12(15)9-17(20)14-10-13(18)5-7-16(14)19;1-8-2-5-12-11(6-8)16-14(17)10-4-3-9(15)7-13(10)18-12;1-8-2-5-11-13(6-8)18-12-7-9(15)3-4-10(12)14(17)16-11/h7-10,14-15H,6,11-13,16H2,1-5H3;3-6,9,11H,7-8,10H2,1-2H3;4-7,9,11H,3,8,10H2,1-2H3;4-8,10H,3,9H2,1-2H3;2*2-7H,1H3,(H,16,17). The number of ether oxygens (including phenoxy) is 4. The SMILES string of the molecule is CCCN1c2ccc(Br)cc2C(=O)N(COCC[Si](C)(C)C)c2cc(C)ccc21.CCCN1c2ccc(C)cc2CC(=O)c2cc(Br)ccc21.CCN1c2ccc(C)cc2CC(=O)c2cc(Br)ccc21.COCCN1c2ccc(C)cc2CC(=O)c2cc(Br)ccc21.Cc1ccc2c(c1)NC(=O)c1ccc(Br)cc1O2.Cc1ccc2c(c1)Oc1cc(Br)ccc1C(=O)N2. The van der Waals surface area contributed by atoms with Crippen LogP contribution in [-0.4, -0.2) is 96.4 Å². The van der Waals surface area contributed by atoms with E-state index >= 15 is 0 Å². The molecule has 6 aliphatic heterocycles. The van der Waals surface area contributed by atoms with E-state index in [1.54, 1.807) is 36.3 Å². The molecule has 12 aromatic carbocycles. The van der Waals surface area contributed by atoms with Crippen LogP contribution in [0, 0.1) is 41.5 Å². The van der Waals surface area contributed by atoms with Crippen molar-refractivity contribution in [3.8, 4) is 23.0 Å². The Morgan fingerprint density at radius 2 is 0.703 bits per heavy atom. The number of rotatable bonds is 13. The van der Waals surface area contributed by atoms with Gasteiger partial charge in [-0.05, 0) is 265 Å². The van der Waals surface area contributed by atoms with Crippen LogP contribution in [0.15, 0.2) is 245 Å². The third kappa shape index (κ3) is 23.0. The summed E-state index contributed by atoms with van der Waals surface area (Å²) in [5.41, 5.74) is 25.0. The second-order valence-corrected chi connectivity index (χ2v) is 44.6. The molecule has 17 nitrogen and oxygen atoms in total. The van der Waals surface area contributed by atoms with E-state index in [9.17, 15) is 28.8 Å². The maximum Gasteiger partial charge on any atom is 0.262 e. The number of ketones is 3. The molecular weight excluding hydrogens is 2010 g/mol. The van der Waals surface area contributed by atoms with Gasteiger partial charge in [0.15, 0.2) is 28.8 Å². The van der Waals surface area contributed by atoms with E-state index in [-0.39, 0.29) is 41.8 Å². The first-order chi connectivity index (χ1) is 61.3. The van der Waals surface area contributed by atoms with E-state index in [2.05, 4.69) is 267 Å². The van der Waals surface area contributed by atoms with Gasteiger partial charge in [0.05, 0.1) is 68.8 Å². The highest BCUT2D eigenvalue weighted by molar-refractivity contribution is 9.11. The van der Waals surface area contributed by atoms with E-state index in [0.717, 1.165) is 167 Å². The van der Waals surface area contributed by atoms with Crippen molar-refractivity contribution >= 4 is 201 Å². The molecule has 0 saturated carbocycles. The Labute approximate surface area is 802 Å². The van der Waals surface area contributed by atoms with Gasteiger partial charge in [-0.15, -0.1) is 0 Å². The highest BCUT2D eigenvalue weighted by atomic mass is 79.9. The molecule has 0 aromatic heterocycles. The normalized spacial score (nSPS) is 13.5. The molecule has 6 aliphatic rings. The Morgan fingerprint density at radius 3 is 1.17 bits per heavy atom. The highest BCUT2D eigenvalue weighted by Crippen LogP contribution is 2.46. The number of halogens is 6. The lowest BCUT2D eigenvalue weighted by Crippen LogP contribution is -2.33. The van der Waals surface area contributed by atoms with Crippen molar-refractivity contribution in [3.63, 3.8) is 0 Å². The van der Waals surface area contributed by atoms with E-state index in [1.807, 2.05) is 135 Å². The predicted molar refractivity (Wildman–Crippen MR) is 544 cm³/mol. The first-order valence-corrected chi connectivity index (χ1v) is 51.2. The Kier molecular flexibility index (Phi) is 31.8. The number of carbonyl (C=O) groups is 6. The van der Waals surface area contributed by atoms with Crippen molar-refractivity contribution in [2.75, 3.05) is 88.4 Å². The highest BCUT2D eigenvalue weighted by Gasteiger charge is 2.34. The molecule has 0 radical (unpaired) electrons. The fourth-order valence-electron chi connectivity index (χ4n) is 16.0. The zero-order valence-electron chi connectivity index (χ0n) is 74.1. The van der Waals surface area contributed by atoms with Gasteiger partial charge in [-0.25, -0.2) is 0 Å². The molecule has 24 heteroatoms. The van der Waals surface area contributed by atoms with Crippen LogP contribution in [-0.2, 0) is 28.7 Å². The average Bonchev–Trinajstić information content (AvgIpc) is 1.63. The summed E-state index contributed by atoms with van der Waals surface area (Å²) < 4.78 is 28.4. The summed E-state index contributed by atoms with van der Waals surface area (Å²) in [6.45, 7) is 30.6. The molecule has 128 heavy (non-hydrogen) atoms. The number of fused-ring (bicyclic) bond motifs is 12. The van der Waals surface area contributed by atoms with Gasteiger partial charge in [0, 0.05) is 128 Å². The molecule has 660 valence electrons. The quantitative estimate of drug-likeness (QED) is 0.0822. The van der Waals surface area contributed by atoms with Gasteiger partial charge in [-0.1, -0.05) is 200 Å². The third-order valence-electron chi connectivity index (χ3n) is 22.2. The van der Waals surface area contributed by atoms with Crippen LogP contribution in [0.3, 0.4) is 0 Å². The number of aryl methyl sites for hydroxylation is 6. The van der Waals surface area contributed by atoms with Crippen LogP contribution in [0.4, 0.5) is 62.6 Å². The largest absolute Gasteiger partial charge is 0.454 e. The topological polar surface area (TPSA) is 180 Å². The number of benzene rings is 12. The minimum atomic E-state index is -1.18. The molecule has 0 atom stereocenters. The van der Waals surface area contributed by atoms with Crippen molar-refractivity contribution in [1.29, 1.82) is 0 Å². The predicted octanol–water partition coefficient (Wildman–Crippen LogP) is 28.8. The molecule has 3 amide bonds. The Balaban J connectivity index is 0.000000132. The Bertz CT molecular complexity index is 6260. The second-order valence-electron chi connectivity index (χ2n) is 33.5. The molecular formula is C104H103Br6N7O10Si. The van der Waals surface area contributed by atoms with E-state index in [0.29, 0.717) is 90.1 Å². The maximum absolute atomic E-state index is 13.6. The molecule has 0 spiro atoms. The van der Waals surface area contributed by atoms with Crippen molar-refractivity contribution in [3.05, 3.63) is 329 Å². The summed E-state index contributed by atoms with van der Waals surface area (Å²) in [4.78, 5) is 86.4. The van der Waals surface area contributed by atoms with Crippen molar-refractivity contribution in [2.24, 2.45) is 0 Å². The number of carbonyl (C=O) groups excluding carboxylic acids is 6. The van der Waals surface area contributed by atoms with Crippen LogP contribution >= 0.6 is 95.6 Å². The number of amides is 3. The van der Waals surface area contributed by atoms with Crippen LogP contribution < -0.4 is 44.6 Å². The fraction of sp³-hybridized carbons (Fsp3) is 0.250. The molecule has 0 aliphatic carbocycles. The number of hydrogen-bond acceptors (Lipinski definition) is 14. The lowest BCUT2D eigenvalue weighted by atomic mass is 10.0. The van der Waals surface area contributed by atoms with Crippen molar-refractivity contribution in [2.45, 2.75) is 120 Å². The third-order valence-corrected chi connectivity index (χ3v) is 26.9. The van der Waals surface area contributed by atoms with Crippen LogP contribution in [0.5, 0.6) is 23.0 Å². The molecule has 0 fully saturated rings. The first-order valence-electron chi connectivity index (χ1n) is 42.7. The van der Waals surface area contributed by atoms with Crippen molar-refractivity contribution in [1.82, 2.24) is 0 Å². The average molecular weight is 2120 g/mol. The number of nitrogens with zero attached hydrogens (tertiary/aromatic N) is 5. The molecule has 0 unspecified atom stereocenters. The Morgan fingerprint density at radius 1 is 0.336 bits per heavy atom. The maximum atomic E-state index is 13.6. The zero-order valence-corrected chi connectivity index (χ0v) is 84.6. The van der Waals surface area contributed by atoms with Gasteiger partial charge in [0.25, 0.3) is 17.7 Å². The summed E-state index contributed by atoms with van der Waals surface area (Å²) in [5, 5.41) is 5.71. The number of anilines is 11. The molecule has 6 heterocycles. The smallest absolute Gasteiger partial charge is 0.262 e. The fourth-order valence-corrected chi connectivity index (χ4v) is 18.9. The summed E-state index contributed by atoms with van der Waals surface area (Å²) in [5.74, 6) is 2.66. The summed E-state index contributed by atoms with van der Waals surface area (Å²) >= 11 is 20.7. The van der Waals surface area contributed by atoms with Gasteiger partial charge >= 0.3 is 0 Å². The molecule has 0 bridgehead atoms. The van der Waals surface area contributed by atoms with Crippen LogP contribution in [0.25, 0.3) is 0 Å². The second kappa shape index (κ2) is 42.6. The van der Waals surface area contributed by atoms with E-state index in [1.165, 1.54) is 16.7 Å². The number of hydrogen-bond donors (Lipinski definition) is 2. The monoisotopic (exact) mass is 2110 g/mol. The van der Waals surface area contributed by atoms with Gasteiger partial charge in [-0.2, -0.15) is 0 Å². The summed E-state index contributed by atoms with van der Waals surface area (Å²) in [6.07, 6.45) is 3.41. The van der Waals surface area contributed by atoms with Gasteiger partial charge < -0.3 is 49.2 Å². The van der Waals surface area contributed by atoms with E-state index < -0.39 is 8.07 Å². The number of methoxy groups -OCH3 is 1. The molecule has 2 N–H and O–H groups in total. The lowest BCUT2D eigenvalue weighted by molar-refractivity contribution is 0.0899. The van der Waals surface area contributed by atoms with Crippen LogP contribution in [0.1, 0.15) is 146 Å². The van der Waals surface area contributed by atoms with Crippen LogP contribution in [0.2, 0.25) is 25.7 Å². The van der Waals surface area contributed by atoms with E-state index in [4.69, 9.17) is 18.9 Å². The van der Waals surface area contributed by atoms with Gasteiger partial charge in [0.1, 0.15) is 18.2 Å². The van der Waals surface area contributed by atoms with Gasteiger partial charge in [0.2, 0.25) is 0 Å².